The molecule has 1 amide bonds. The molecule has 150 valence electrons. The van der Waals surface area contributed by atoms with Crippen LogP contribution in [-0.4, -0.2) is 36.8 Å². The van der Waals surface area contributed by atoms with Crippen LogP contribution in [0.2, 0.25) is 0 Å². The predicted octanol–water partition coefficient (Wildman–Crippen LogP) is 2.37. The smallest absolute Gasteiger partial charge is 0.271 e. The second-order valence-electron chi connectivity index (χ2n) is 7.33. The van der Waals surface area contributed by atoms with E-state index in [4.69, 9.17) is 0 Å². The van der Waals surface area contributed by atoms with Gasteiger partial charge in [-0.1, -0.05) is 18.2 Å². The quantitative estimate of drug-likeness (QED) is 0.417. The fourth-order valence-electron chi connectivity index (χ4n) is 4.00. The fourth-order valence-corrected chi connectivity index (χ4v) is 4.00. The van der Waals surface area contributed by atoms with Gasteiger partial charge in [-0.3, -0.25) is 24.3 Å². The Bertz CT molecular complexity index is 1390. The predicted molar refractivity (Wildman–Crippen MR) is 110 cm³/mol. The van der Waals surface area contributed by atoms with Crippen LogP contribution in [0.1, 0.15) is 11.3 Å². The van der Waals surface area contributed by atoms with E-state index in [0.29, 0.717) is 13.1 Å². The Morgan fingerprint density at radius 1 is 1.20 bits per heavy atom. The van der Waals surface area contributed by atoms with Crippen molar-refractivity contribution in [2.75, 3.05) is 6.54 Å². The summed E-state index contributed by atoms with van der Waals surface area (Å²) in [6.07, 6.45) is 2.00. The van der Waals surface area contributed by atoms with Gasteiger partial charge in [0.1, 0.15) is 6.54 Å². The number of nitrogens with zero attached hydrogens (tertiary/aromatic N) is 4. The minimum atomic E-state index is -0.536. The number of aromatic amines is 1. The van der Waals surface area contributed by atoms with Crippen LogP contribution in [0.5, 0.6) is 0 Å². The molecule has 0 aliphatic carbocycles. The van der Waals surface area contributed by atoms with Gasteiger partial charge in [0.25, 0.3) is 11.2 Å². The average Bonchev–Trinajstić information content (AvgIpc) is 3.13. The molecule has 0 bridgehead atoms. The maximum absolute atomic E-state index is 12.9. The first-order chi connectivity index (χ1) is 14.5. The molecule has 0 unspecified atom stereocenters. The molecule has 0 fully saturated rings. The van der Waals surface area contributed by atoms with Gasteiger partial charge in [0, 0.05) is 53.8 Å². The second-order valence-corrected chi connectivity index (χ2v) is 7.33. The summed E-state index contributed by atoms with van der Waals surface area (Å²) < 4.78 is 1.25. The molecule has 1 N–H and O–H groups in total. The molecule has 30 heavy (non-hydrogen) atoms. The number of fused-ring (bicyclic) bond motifs is 4. The summed E-state index contributed by atoms with van der Waals surface area (Å²) in [5.41, 5.74) is 3.02. The van der Waals surface area contributed by atoms with Gasteiger partial charge < -0.3 is 9.88 Å². The number of carbonyl (C=O) groups is 1. The highest BCUT2D eigenvalue weighted by molar-refractivity contribution is 5.86. The monoisotopic (exact) mass is 403 g/mol. The zero-order valence-electron chi connectivity index (χ0n) is 15.9. The Morgan fingerprint density at radius 3 is 2.87 bits per heavy atom. The van der Waals surface area contributed by atoms with Crippen LogP contribution in [0.15, 0.2) is 53.6 Å². The van der Waals surface area contributed by atoms with Crippen LogP contribution >= 0.6 is 0 Å². The molecule has 9 heteroatoms. The van der Waals surface area contributed by atoms with E-state index in [9.17, 15) is 19.7 Å². The Hall–Kier alpha value is -4.01. The number of hydrogen-bond acceptors (Lipinski definition) is 5. The van der Waals surface area contributed by atoms with Crippen molar-refractivity contribution in [2.24, 2.45) is 0 Å². The van der Waals surface area contributed by atoms with Gasteiger partial charge in [-0.25, -0.2) is 4.98 Å². The summed E-state index contributed by atoms with van der Waals surface area (Å²) >= 11 is 0. The first kappa shape index (κ1) is 18.0. The van der Waals surface area contributed by atoms with Crippen molar-refractivity contribution in [3.05, 3.63) is 80.5 Å². The number of benzene rings is 2. The van der Waals surface area contributed by atoms with E-state index in [-0.39, 0.29) is 29.0 Å². The second kappa shape index (κ2) is 6.80. The van der Waals surface area contributed by atoms with Gasteiger partial charge in [0.05, 0.1) is 22.2 Å². The van der Waals surface area contributed by atoms with E-state index in [1.807, 2.05) is 24.3 Å². The molecule has 1 aliphatic heterocycles. The number of aromatic nitrogens is 3. The molecular formula is C21H17N5O4. The molecule has 5 rings (SSSR count). The third kappa shape index (κ3) is 2.91. The summed E-state index contributed by atoms with van der Waals surface area (Å²) in [6.45, 7) is 0.928. The summed E-state index contributed by atoms with van der Waals surface area (Å²) in [7, 11) is 0. The SMILES string of the molecule is O=C(Cn1cnc2cc([N+](=O)[O-])ccc2c1=O)N1CCc2[nH]c3ccccc3c2C1. The molecule has 2 aromatic carbocycles. The lowest BCUT2D eigenvalue weighted by molar-refractivity contribution is -0.384. The summed E-state index contributed by atoms with van der Waals surface area (Å²) in [5.74, 6) is -0.170. The lowest BCUT2D eigenvalue weighted by atomic mass is 10.0. The Labute approximate surface area is 169 Å². The number of carbonyl (C=O) groups excluding carboxylic acids is 1. The van der Waals surface area contributed by atoms with E-state index < -0.39 is 10.5 Å². The standard InChI is InChI=1S/C21H17N5O4/c27-20(24-8-7-18-16(10-24)14-3-1-2-4-17(14)23-18)11-25-12-22-19-9-13(26(29)30)5-6-15(19)21(25)28/h1-6,9,12,23H,7-8,10-11H2. The molecule has 0 saturated carbocycles. The number of non-ortho nitro benzene ring substituents is 1. The van der Waals surface area contributed by atoms with Crippen LogP contribution in [0.25, 0.3) is 21.8 Å². The fraction of sp³-hybridized carbons (Fsp3) is 0.190. The number of H-pyrrole nitrogens is 1. The lowest BCUT2D eigenvalue weighted by Crippen LogP contribution is -2.39. The first-order valence-corrected chi connectivity index (χ1v) is 9.51. The zero-order valence-corrected chi connectivity index (χ0v) is 15.9. The van der Waals surface area contributed by atoms with Crippen LogP contribution in [-0.2, 0) is 24.3 Å². The maximum atomic E-state index is 12.9. The lowest BCUT2D eigenvalue weighted by Gasteiger charge is -2.27. The minimum Gasteiger partial charge on any atom is -0.358 e. The highest BCUT2D eigenvalue weighted by Gasteiger charge is 2.24. The Balaban J connectivity index is 1.41. The molecule has 1 aliphatic rings. The number of amides is 1. The van der Waals surface area contributed by atoms with Gasteiger partial charge in [0.2, 0.25) is 5.91 Å². The third-order valence-electron chi connectivity index (χ3n) is 5.56. The number of nitro benzene ring substituents is 1. The number of nitrogens with one attached hydrogen (secondary N) is 1. The van der Waals surface area contributed by atoms with Crippen molar-refractivity contribution >= 4 is 33.4 Å². The number of para-hydroxylation sites is 1. The summed E-state index contributed by atoms with van der Waals surface area (Å²) in [6, 6.07) is 11.9. The van der Waals surface area contributed by atoms with Gasteiger partial charge in [-0.2, -0.15) is 0 Å². The molecule has 4 aromatic rings. The van der Waals surface area contributed by atoms with Gasteiger partial charge >= 0.3 is 0 Å². The van der Waals surface area contributed by atoms with E-state index in [0.717, 1.165) is 28.6 Å². The molecule has 0 saturated heterocycles. The number of rotatable bonds is 3. The average molecular weight is 403 g/mol. The molecule has 0 spiro atoms. The van der Waals surface area contributed by atoms with E-state index in [1.165, 1.54) is 29.1 Å². The normalized spacial score (nSPS) is 13.5. The first-order valence-electron chi connectivity index (χ1n) is 9.51. The largest absolute Gasteiger partial charge is 0.358 e. The Morgan fingerprint density at radius 2 is 2.03 bits per heavy atom. The van der Waals surface area contributed by atoms with Crippen LogP contribution in [0.3, 0.4) is 0 Å². The third-order valence-corrected chi connectivity index (χ3v) is 5.56. The molecule has 3 heterocycles. The maximum Gasteiger partial charge on any atom is 0.271 e. The van der Waals surface area contributed by atoms with E-state index in [2.05, 4.69) is 9.97 Å². The van der Waals surface area contributed by atoms with Crippen molar-refractivity contribution in [1.82, 2.24) is 19.4 Å². The van der Waals surface area contributed by atoms with Crippen LogP contribution < -0.4 is 5.56 Å². The van der Waals surface area contributed by atoms with Crippen LogP contribution in [0.4, 0.5) is 5.69 Å². The van der Waals surface area contributed by atoms with Crippen molar-refractivity contribution in [1.29, 1.82) is 0 Å². The van der Waals surface area contributed by atoms with Crippen molar-refractivity contribution < 1.29 is 9.72 Å². The van der Waals surface area contributed by atoms with Crippen LogP contribution in [0, 0.1) is 10.1 Å². The van der Waals surface area contributed by atoms with Crippen molar-refractivity contribution in [3.63, 3.8) is 0 Å². The molecule has 9 nitrogen and oxygen atoms in total. The Kier molecular flexibility index (Phi) is 4.09. The minimum absolute atomic E-state index is 0.129. The van der Waals surface area contributed by atoms with Gasteiger partial charge in [-0.15, -0.1) is 0 Å². The number of hydrogen-bond donors (Lipinski definition) is 1. The molecular weight excluding hydrogens is 386 g/mol. The zero-order chi connectivity index (χ0) is 20.8. The molecule has 2 aromatic heterocycles. The summed E-state index contributed by atoms with van der Waals surface area (Å²) in [5, 5.41) is 12.3. The van der Waals surface area contributed by atoms with Gasteiger partial charge in [-0.05, 0) is 12.1 Å². The van der Waals surface area contributed by atoms with Crippen molar-refractivity contribution in [3.8, 4) is 0 Å². The highest BCUT2D eigenvalue weighted by Crippen LogP contribution is 2.27. The highest BCUT2D eigenvalue weighted by atomic mass is 16.6. The molecule has 0 atom stereocenters. The van der Waals surface area contributed by atoms with Crippen molar-refractivity contribution in [2.45, 2.75) is 19.5 Å². The topological polar surface area (TPSA) is 114 Å². The molecule has 0 radical (unpaired) electrons. The summed E-state index contributed by atoms with van der Waals surface area (Å²) in [4.78, 5) is 45.3. The van der Waals surface area contributed by atoms with Gasteiger partial charge in [0.15, 0.2) is 0 Å². The number of nitro groups is 1. The van der Waals surface area contributed by atoms with E-state index in [1.54, 1.807) is 4.90 Å². The van der Waals surface area contributed by atoms with E-state index >= 15 is 0 Å².